The molecule has 1 aliphatic heterocycles. The largest absolute Gasteiger partial charge is 0.465 e. The lowest BCUT2D eigenvalue weighted by molar-refractivity contribution is 0.00597. The van der Waals surface area contributed by atoms with Crippen LogP contribution in [0.4, 0.5) is 5.69 Å². The summed E-state index contributed by atoms with van der Waals surface area (Å²) in [7, 11) is 1.42. The molecule has 116 valence electrons. The summed E-state index contributed by atoms with van der Waals surface area (Å²) < 4.78 is 10.6. The average Bonchev–Trinajstić information content (AvgIpc) is 2.49. The summed E-state index contributed by atoms with van der Waals surface area (Å²) in [6.07, 6.45) is 4.51. The van der Waals surface area contributed by atoms with Gasteiger partial charge in [0.1, 0.15) is 0 Å². The highest BCUT2D eigenvalue weighted by molar-refractivity contribution is 5.95. The Bertz CT molecular complexity index is 485. The number of hydrogen-bond donors (Lipinski definition) is 1. The number of rotatable bonds is 5. The number of esters is 1. The van der Waals surface area contributed by atoms with Crippen LogP contribution >= 0.6 is 0 Å². The zero-order valence-electron chi connectivity index (χ0n) is 13.1. The molecule has 1 aromatic rings. The molecular weight excluding hydrogens is 266 g/mol. The molecule has 21 heavy (non-hydrogen) atoms. The molecule has 0 spiro atoms. The molecule has 1 saturated heterocycles. The third-order valence-corrected chi connectivity index (χ3v) is 3.92. The number of ether oxygens (including phenoxy) is 2. The molecule has 1 aliphatic rings. The summed E-state index contributed by atoms with van der Waals surface area (Å²) in [5.74, 6) is -0.293. The van der Waals surface area contributed by atoms with Crippen molar-refractivity contribution in [1.82, 2.24) is 0 Å². The lowest BCUT2D eigenvalue weighted by atomic mass is 9.99. The van der Waals surface area contributed by atoms with Crippen LogP contribution in [-0.2, 0) is 9.47 Å². The fraction of sp³-hybridized carbons (Fsp3) is 0.588. The average molecular weight is 291 g/mol. The van der Waals surface area contributed by atoms with E-state index in [-0.39, 0.29) is 5.97 Å². The Hall–Kier alpha value is -1.55. The van der Waals surface area contributed by atoms with Gasteiger partial charge in [-0.1, -0.05) is 25.0 Å². The van der Waals surface area contributed by atoms with E-state index in [1.807, 2.05) is 25.1 Å². The van der Waals surface area contributed by atoms with E-state index >= 15 is 0 Å². The Morgan fingerprint density at radius 1 is 1.48 bits per heavy atom. The van der Waals surface area contributed by atoms with Gasteiger partial charge >= 0.3 is 5.97 Å². The van der Waals surface area contributed by atoms with Gasteiger partial charge < -0.3 is 14.8 Å². The fourth-order valence-corrected chi connectivity index (χ4v) is 2.82. The van der Waals surface area contributed by atoms with Gasteiger partial charge in [0, 0.05) is 18.3 Å². The maximum Gasteiger partial charge on any atom is 0.339 e. The molecule has 1 fully saturated rings. The molecule has 0 saturated carbocycles. The second-order valence-electron chi connectivity index (χ2n) is 5.69. The number of benzene rings is 1. The number of anilines is 1. The minimum atomic E-state index is -0.293. The zero-order chi connectivity index (χ0) is 15.2. The molecule has 1 heterocycles. The van der Waals surface area contributed by atoms with Crippen LogP contribution in [0, 0.1) is 6.92 Å². The minimum absolute atomic E-state index is 0.293. The van der Waals surface area contributed by atoms with Crippen LogP contribution in [0.5, 0.6) is 0 Å². The molecule has 2 unspecified atom stereocenters. The fourth-order valence-electron chi connectivity index (χ4n) is 2.82. The van der Waals surface area contributed by atoms with E-state index in [1.165, 1.54) is 7.11 Å². The van der Waals surface area contributed by atoms with Crippen LogP contribution in [-0.4, -0.2) is 31.8 Å². The lowest BCUT2D eigenvalue weighted by Gasteiger charge is -2.31. The zero-order valence-corrected chi connectivity index (χ0v) is 13.1. The van der Waals surface area contributed by atoms with Gasteiger partial charge in [0.2, 0.25) is 0 Å². The normalized spacial score (nSPS) is 21.9. The summed E-state index contributed by atoms with van der Waals surface area (Å²) in [6, 6.07) is 6.20. The van der Waals surface area contributed by atoms with E-state index in [2.05, 4.69) is 12.2 Å². The Morgan fingerprint density at radius 2 is 2.29 bits per heavy atom. The van der Waals surface area contributed by atoms with Crippen molar-refractivity contribution in [3.63, 3.8) is 0 Å². The summed E-state index contributed by atoms with van der Waals surface area (Å²) >= 11 is 0. The second kappa shape index (κ2) is 7.46. The van der Waals surface area contributed by atoms with E-state index in [4.69, 9.17) is 9.47 Å². The first-order valence-electron chi connectivity index (χ1n) is 7.71. The van der Waals surface area contributed by atoms with Crippen LogP contribution in [0.3, 0.4) is 0 Å². The van der Waals surface area contributed by atoms with Crippen LogP contribution in [0.15, 0.2) is 18.2 Å². The van der Waals surface area contributed by atoms with Gasteiger partial charge in [-0.2, -0.15) is 0 Å². The Labute approximate surface area is 126 Å². The third kappa shape index (κ3) is 4.21. The van der Waals surface area contributed by atoms with Crippen LogP contribution < -0.4 is 5.32 Å². The molecule has 1 N–H and O–H groups in total. The van der Waals surface area contributed by atoms with Crippen molar-refractivity contribution in [3.8, 4) is 0 Å². The number of carbonyl (C=O) groups is 1. The van der Waals surface area contributed by atoms with Crippen LogP contribution in [0.25, 0.3) is 0 Å². The van der Waals surface area contributed by atoms with E-state index in [0.29, 0.717) is 17.7 Å². The number of methoxy groups -OCH3 is 1. The Balaban J connectivity index is 2.10. The van der Waals surface area contributed by atoms with E-state index in [0.717, 1.165) is 43.5 Å². The molecule has 4 heteroatoms. The van der Waals surface area contributed by atoms with E-state index in [9.17, 15) is 4.79 Å². The predicted molar refractivity (Wildman–Crippen MR) is 83.8 cm³/mol. The van der Waals surface area contributed by atoms with Crippen molar-refractivity contribution in [2.24, 2.45) is 0 Å². The summed E-state index contributed by atoms with van der Waals surface area (Å²) in [4.78, 5) is 11.9. The van der Waals surface area contributed by atoms with Crippen LogP contribution in [0.1, 0.15) is 48.5 Å². The summed E-state index contributed by atoms with van der Waals surface area (Å²) in [6.45, 7) is 4.93. The van der Waals surface area contributed by atoms with Crippen molar-refractivity contribution in [3.05, 3.63) is 29.3 Å². The summed E-state index contributed by atoms with van der Waals surface area (Å²) in [5.41, 5.74) is 2.52. The monoisotopic (exact) mass is 291 g/mol. The first kappa shape index (κ1) is 15.8. The third-order valence-electron chi connectivity index (χ3n) is 3.92. The number of carbonyl (C=O) groups excluding carboxylic acids is 1. The van der Waals surface area contributed by atoms with Gasteiger partial charge in [-0.25, -0.2) is 4.79 Å². The van der Waals surface area contributed by atoms with Gasteiger partial charge in [-0.3, -0.25) is 0 Å². The van der Waals surface area contributed by atoms with E-state index < -0.39 is 0 Å². The number of aryl methyl sites for hydroxylation is 1. The van der Waals surface area contributed by atoms with Gasteiger partial charge in [-0.15, -0.1) is 0 Å². The highest BCUT2D eigenvalue weighted by Crippen LogP contribution is 2.24. The predicted octanol–water partition coefficient (Wildman–Crippen LogP) is 3.54. The SMILES string of the molecule is CCCC1CC(Nc2ccc(C)cc2C(=O)OC)CCO1. The first-order chi connectivity index (χ1) is 10.1. The van der Waals surface area contributed by atoms with Crippen molar-refractivity contribution in [2.45, 2.75) is 51.7 Å². The van der Waals surface area contributed by atoms with Crippen molar-refractivity contribution in [2.75, 3.05) is 19.0 Å². The first-order valence-corrected chi connectivity index (χ1v) is 7.71. The Morgan fingerprint density at radius 3 is 3.00 bits per heavy atom. The molecule has 1 aromatic carbocycles. The minimum Gasteiger partial charge on any atom is -0.465 e. The highest BCUT2D eigenvalue weighted by Gasteiger charge is 2.23. The van der Waals surface area contributed by atoms with Gasteiger partial charge in [0.25, 0.3) is 0 Å². The topological polar surface area (TPSA) is 47.6 Å². The Kier molecular flexibility index (Phi) is 5.62. The lowest BCUT2D eigenvalue weighted by Crippen LogP contribution is -2.34. The van der Waals surface area contributed by atoms with Gasteiger partial charge in [0.05, 0.1) is 18.8 Å². The molecule has 2 atom stereocenters. The van der Waals surface area contributed by atoms with Crippen molar-refractivity contribution in [1.29, 1.82) is 0 Å². The molecule has 2 rings (SSSR count). The van der Waals surface area contributed by atoms with Gasteiger partial charge in [0.15, 0.2) is 0 Å². The van der Waals surface area contributed by atoms with Crippen molar-refractivity contribution < 1.29 is 14.3 Å². The molecule has 0 aliphatic carbocycles. The smallest absolute Gasteiger partial charge is 0.339 e. The van der Waals surface area contributed by atoms with E-state index in [1.54, 1.807) is 0 Å². The molecule has 0 amide bonds. The molecule has 0 radical (unpaired) electrons. The molecular formula is C17H25NO3. The van der Waals surface area contributed by atoms with Gasteiger partial charge in [-0.05, 0) is 38.3 Å². The standard InChI is InChI=1S/C17H25NO3/c1-4-5-14-11-13(8-9-21-14)18-16-7-6-12(2)10-15(16)17(19)20-3/h6-7,10,13-14,18H,4-5,8-9,11H2,1-3H3. The number of nitrogens with one attached hydrogen (secondary N) is 1. The second-order valence-corrected chi connectivity index (χ2v) is 5.69. The maximum atomic E-state index is 11.9. The quantitative estimate of drug-likeness (QED) is 0.843. The highest BCUT2D eigenvalue weighted by atomic mass is 16.5. The number of hydrogen-bond acceptors (Lipinski definition) is 4. The molecule has 0 bridgehead atoms. The van der Waals surface area contributed by atoms with Crippen molar-refractivity contribution >= 4 is 11.7 Å². The molecule has 4 nitrogen and oxygen atoms in total. The summed E-state index contributed by atoms with van der Waals surface area (Å²) in [5, 5.41) is 3.50. The molecule has 0 aromatic heterocycles. The maximum absolute atomic E-state index is 11.9. The van der Waals surface area contributed by atoms with Crippen LogP contribution in [0.2, 0.25) is 0 Å².